The molecule has 2 aliphatic rings. The second-order valence-electron chi connectivity index (χ2n) is 13.4. The first-order valence-corrected chi connectivity index (χ1v) is 15.9. The van der Waals surface area contributed by atoms with E-state index in [2.05, 4.69) is 34.6 Å². The first-order chi connectivity index (χ1) is 19.6. The van der Waals surface area contributed by atoms with Gasteiger partial charge in [0.1, 0.15) is 22.8 Å². The van der Waals surface area contributed by atoms with Crippen LogP contribution in [0.5, 0.6) is 17.2 Å². The summed E-state index contributed by atoms with van der Waals surface area (Å²) in [5, 5.41) is 0. The molecule has 41 heavy (non-hydrogen) atoms. The normalized spacial score (nSPS) is 23.2. The Morgan fingerprint density at radius 2 is 1.27 bits per heavy atom. The Morgan fingerprint density at radius 3 is 1.80 bits per heavy atom. The maximum atomic E-state index is 12.8. The van der Waals surface area contributed by atoms with Crippen LogP contribution in [0.25, 0.3) is 0 Å². The highest BCUT2D eigenvalue weighted by molar-refractivity contribution is 5.91. The van der Waals surface area contributed by atoms with Gasteiger partial charge in [0.05, 0.1) is 11.5 Å². The third-order valence-corrected chi connectivity index (χ3v) is 9.30. The highest BCUT2D eigenvalue weighted by atomic mass is 16.5. The molecule has 2 aromatic carbocycles. The molecule has 0 heterocycles. The number of rotatable bonds is 11. The lowest BCUT2D eigenvalue weighted by molar-refractivity contribution is -0.140. The van der Waals surface area contributed by atoms with Crippen LogP contribution in [0.4, 0.5) is 0 Å². The summed E-state index contributed by atoms with van der Waals surface area (Å²) >= 11 is 0. The lowest BCUT2D eigenvalue weighted by Gasteiger charge is -2.37. The minimum atomic E-state index is -0.444. The van der Waals surface area contributed by atoms with E-state index < -0.39 is 5.97 Å². The van der Waals surface area contributed by atoms with Crippen molar-refractivity contribution in [1.82, 2.24) is 0 Å². The van der Waals surface area contributed by atoms with E-state index in [1.165, 1.54) is 32.1 Å². The van der Waals surface area contributed by atoms with Crippen molar-refractivity contribution in [2.24, 2.45) is 29.6 Å². The highest BCUT2D eigenvalue weighted by Gasteiger charge is 2.33. The molecule has 5 heteroatoms. The van der Waals surface area contributed by atoms with Crippen LogP contribution >= 0.6 is 0 Å². The number of esters is 2. The quantitative estimate of drug-likeness (QED) is 0.202. The molecule has 4 rings (SSSR count). The largest absolute Gasteiger partial charge is 0.488 e. The van der Waals surface area contributed by atoms with E-state index in [9.17, 15) is 9.59 Å². The molecule has 0 radical (unpaired) electrons. The topological polar surface area (TPSA) is 61.8 Å². The van der Waals surface area contributed by atoms with Crippen LogP contribution in [0.15, 0.2) is 48.5 Å². The summed E-state index contributed by atoms with van der Waals surface area (Å²) in [5.41, 5.74) is 0.173. The fourth-order valence-corrected chi connectivity index (χ4v) is 6.50. The SMILES string of the molecule is CCC1CCC(C2CCC(C(=O)Oc3ccc(OC(=O)c4ccc(OC(C)(C)CCC(C)C)cc4)cc3)CC2)CC1. The third-order valence-electron chi connectivity index (χ3n) is 9.30. The molecule has 0 amide bonds. The van der Waals surface area contributed by atoms with Crippen LogP contribution in [-0.2, 0) is 4.79 Å². The van der Waals surface area contributed by atoms with E-state index >= 15 is 0 Å². The second-order valence-corrected chi connectivity index (χ2v) is 13.4. The second kappa shape index (κ2) is 14.4. The van der Waals surface area contributed by atoms with E-state index in [0.29, 0.717) is 23.0 Å². The van der Waals surface area contributed by atoms with Crippen molar-refractivity contribution in [3.05, 3.63) is 54.1 Å². The molecule has 0 saturated heterocycles. The molecule has 2 fully saturated rings. The molecule has 224 valence electrons. The zero-order valence-corrected chi connectivity index (χ0v) is 25.8. The smallest absolute Gasteiger partial charge is 0.343 e. The summed E-state index contributed by atoms with van der Waals surface area (Å²) in [4.78, 5) is 25.5. The molecule has 0 atom stereocenters. The number of ether oxygens (including phenoxy) is 3. The van der Waals surface area contributed by atoms with E-state index in [-0.39, 0.29) is 17.5 Å². The van der Waals surface area contributed by atoms with Gasteiger partial charge >= 0.3 is 11.9 Å². The minimum Gasteiger partial charge on any atom is -0.488 e. The zero-order chi connectivity index (χ0) is 29.4. The van der Waals surface area contributed by atoms with Gasteiger partial charge in [-0.25, -0.2) is 4.79 Å². The molecule has 0 aromatic heterocycles. The molecule has 2 saturated carbocycles. The van der Waals surface area contributed by atoms with E-state index in [1.54, 1.807) is 48.5 Å². The van der Waals surface area contributed by atoms with Crippen molar-refractivity contribution in [1.29, 1.82) is 0 Å². The summed E-state index contributed by atoms with van der Waals surface area (Å²) in [7, 11) is 0. The third kappa shape index (κ3) is 9.34. The molecule has 0 aliphatic heterocycles. The first kappa shape index (κ1) is 31.1. The van der Waals surface area contributed by atoms with Crippen LogP contribution < -0.4 is 14.2 Å². The van der Waals surface area contributed by atoms with Crippen LogP contribution in [-0.4, -0.2) is 17.5 Å². The van der Waals surface area contributed by atoms with Gasteiger partial charge in [-0.2, -0.15) is 0 Å². The minimum absolute atomic E-state index is 0.0246. The van der Waals surface area contributed by atoms with Gasteiger partial charge < -0.3 is 14.2 Å². The lowest BCUT2D eigenvalue weighted by atomic mass is 9.69. The van der Waals surface area contributed by atoms with Crippen LogP contribution in [0.3, 0.4) is 0 Å². The maximum Gasteiger partial charge on any atom is 0.343 e. The Labute approximate surface area is 247 Å². The van der Waals surface area contributed by atoms with Gasteiger partial charge in [0.15, 0.2) is 0 Å². The predicted octanol–water partition coefficient (Wildman–Crippen LogP) is 9.43. The van der Waals surface area contributed by atoms with Gasteiger partial charge in [-0.15, -0.1) is 0 Å². The number of hydrogen-bond donors (Lipinski definition) is 0. The van der Waals surface area contributed by atoms with Crippen molar-refractivity contribution >= 4 is 11.9 Å². The van der Waals surface area contributed by atoms with Gasteiger partial charge in [-0.1, -0.05) is 40.0 Å². The number of carbonyl (C=O) groups is 2. The van der Waals surface area contributed by atoms with Crippen molar-refractivity contribution in [2.75, 3.05) is 0 Å². The van der Waals surface area contributed by atoms with Crippen molar-refractivity contribution in [3.63, 3.8) is 0 Å². The molecule has 2 aromatic rings. The standard InChI is InChI=1S/C36H50O5/c1-6-26-7-9-27(10-8-26)28-11-13-29(14-12-28)34(37)39-31-19-21-32(22-20-31)40-35(38)30-15-17-33(18-16-30)41-36(4,5)24-23-25(2)3/h15-22,25-29H,6-14,23-24H2,1-5H3. The van der Waals surface area contributed by atoms with E-state index in [4.69, 9.17) is 14.2 Å². The van der Waals surface area contributed by atoms with Crippen molar-refractivity contribution in [2.45, 2.75) is 111 Å². The molecular weight excluding hydrogens is 512 g/mol. The summed E-state index contributed by atoms with van der Waals surface area (Å²) in [5.74, 6) is 4.19. The monoisotopic (exact) mass is 562 g/mol. The molecular formula is C36H50O5. The van der Waals surface area contributed by atoms with Gasteiger partial charge in [-0.3, -0.25) is 4.79 Å². The lowest BCUT2D eigenvalue weighted by Crippen LogP contribution is -2.30. The Kier molecular flexibility index (Phi) is 10.9. The Bertz CT molecular complexity index is 1100. The summed E-state index contributed by atoms with van der Waals surface area (Å²) < 4.78 is 17.4. The Balaban J connectivity index is 1.21. The van der Waals surface area contributed by atoms with Crippen LogP contribution in [0, 0.1) is 29.6 Å². The molecule has 0 unspecified atom stereocenters. The van der Waals surface area contributed by atoms with E-state index in [0.717, 1.165) is 62.0 Å². The fourth-order valence-electron chi connectivity index (χ4n) is 6.50. The highest BCUT2D eigenvalue weighted by Crippen LogP contribution is 2.42. The molecule has 0 N–H and O–H groups in total. The van der Waals surface area contributed by atoms with Gasteiger partial charge in [0.2, 0.25) is 0 Å². The Hall–Kier alpha value is -2.82. The summed E-state index contributed by atoms with van der Waals surface area (Å²) in [6, 6.07) is 13.8. The molecule has 0 spiro atoms. The number of benzene rings is 2. The average molecular weight is 563 g/mol. The summed E-state index contributed by atoms with van der Waals surface area (Å²) in [6.07, 6.45) is 13.0. The number of carbonyl (C=O) groups excluding carboxylic acids is 2. The summed E-state index contributed by atoms with van der Waals surface area (Å²) in [6.45, 7) is 10.9. The van der Waals surface area contributed by atoms with Crippen LogP contribution in [0.1, 0.15) is 116 Å². The van der Waals surface area contributed by atoms with Gasteiger partial charge in [-0.05, 0) is 137 Å². The average Bonchev–Trinajstić information content (AvgIpc) is 2.97. The predicted molar refractivity (Wildman–Crippen MR) is 163 cm³/mol. The molecule has 0 bridgehead atoms. The molecule has 2 aliphatic carbocycles. The maximum absolute atomic E-state index is 12.8. The fraction of sp³-hybridized carbons (Fsp3) is 0.611. The van der Waals surface area contributed by atoms with Gasteiger partial charge in [0.25, 0.3) is 0 Å². The zero-order valence-electron chi connectivity index (χ0n) is 25.8. The first-order valence-electron chi connectivity index (χ1n) is 15.9. The Morgan fingerprint density at radius 1 is 0.756 bits per heavy atom. The van der Waals surface area contributed by atoms with Crippen molar-refractivity contribution in [3.8, 4) is 17.2 Å². The van der Waals surface area contributed by atoms with Crippen LogP contribution in [0.2, 0.25) is 0 Å². The van der Waals surface area contributed by atoms with Gasteiger partial charge in [0, 0.05) is 0 Å². The van der Waals surface area contributed by atoms with E-state index in [1.807, 2.05) is 0 Å². The van der Waals surface area contributed by atoms with Crippen molar-refractivity contribution < 1.29 is 23.8 Å². The number of hydrogen-bond acceptors (Lipinski definition) is 5. The molecule has 5 nitrogen and oxygen atoms in total.